The standard InChI is InChI=1S/C12H24N2OS/c1-3-4-5-6-7-8-9-14-12(15)10(2)11(13)16/h10H,3-9H2,1-2H3,(H2,13,16)(H,14,15). The number of nitrogens with one attached hydrogen (secondary N) is 1. The third-order valence-electron chi connectivity index (χ3n) is 2.65. The SMILES string of the molecule is CCCCCCCCNC(=O)C(C)C(N)=S. The van der Waals surface area contributed by atoms with E-state index in [1.807, 2.05) is 0 Å². The quantitative estimate of drug-likeness (QED) is 0.483. The van der Waals surface area contributed by atoms with Gasteiger partial charge in [0.15, 0.2) is 0 Å². The van der Waals surface area contributed by atoms with Crippen LogP contribution in [0.3, 0.4) is 0 Å². The van der Waals surface area contributed by atoms with E-state index in [9.17, 15) is 4.79 Å². The summed E-state index contributed by atoms with van der Waals surface area (Å²) >= 11 is 4.76. The highest BCUT2D eigenvalue weighted by molar-refractivity contribution is 7.80. The maximum Gasteiger partial charge on any atom is 0.229 e. The summed E-state index contributed by atoms with van der Waals surface area (Å²) in [7, 11) is 0. The Kier molecular flexibility index (Phi) is 9.19. The molecule has 0 aliphatic carbocycles. The van der Waals surface area contributed by atoms with E-state index in [2.05, 4.69) is 12.2 Å². The molecule has 1 unspecified atom stereocenters. The maximum atomic E-state index is 11.4. The minimum absolute atomic E-state index is 0.0546. The Balaban J connectivity index is 3.38. The number of hydrogen-bond acceptors (Lipinski definition) is 2. The summed E-state index contributed by atoms with van der Waals surface area (Å²) in [4.78, 5) is 11.7. The summed E-state index contributed by atoms with van der Waals surface area (Å²) in [5.74, 6) is -0.406. The highest BCUT2D eigenvalue weighted by Gasteiger charge is 2.14. The fraction of sp³-hybridized carbons (Fsp3) is 0.833. The van der Waals surface area contributed by atoms with E-state index in [0.29, 0.717) is 0 Å². The van der Waals surface area contributed by atoms with Gasteiger partial charge in [-0.15, -0.1) is 0 Å². The third-order valence-corrected chi connectivity index (χ3v) is 3.00. The van der Waals surface area contributed by atoms with Crippen molar-refractivity contribution in [3.63, 3.8) is 0 Å². The lowest BCUT2D eigenvalue weighted by Gasteiger charge is -2.10. The minimum Gasteiger partial charge on any atom is -0.393 e. The van der Waals surface area contributed by atoms with Crippen LogP contribution in [0.25, 0.3) is 0 Å². The van der Waals surface area contributed by atoms with Crippen molar-refractivity contribution in [1.82, 2.24) is 5.32 Å². The normalized spacial score (nSPS) is 12.1. The number of unbranched alkanes of at least 4 members (excludes halogenated alkanes) is 5. The predicted molar refractivity (Wildman–Crippen MR) is 72.3 cm³/mol. The van der Waals surface area contributed by atoms with Gasteiger partial charge in [-0.25, -0.2) is 0 Å². The molecule has 16 heavy (non-hydrogen) atoms. The Morgan fingerprint density at radius 3 is 2.38 bits per heavy atom. The first kappa shape index (κ1) is 15.4. The lowest BCUT2D eigenvalue weighted by molar-refractivity contribution is -0.122. The highest BCUT2D eigenvalue weighted by Crippen LogP contribution is 2.04. The average Bonchev–Trinajstić information content (AvgIpc) is 2.26. The second-order valence-corrected chi connectivity index (χ2v) is 4.65. The highest BCUT2D eigenvalue weighted by atomic mass is 32.1. The molecule has 0 bridgehead atoms. The van der Waals surface area contributed by atoms with Crippen molar-refractivity contribution in [2.45, 2.75) is 52.4 Å². The third kappa shape index (κ3) is 7.63. The summed E-state index contributed by atoms with van der Waals surface area (Å²) < 4.78 is 0. The molecule has 3 nitrogen and oxygen atoms in total. The van der Waals surface area contributed by atoms with Crippen LogP contribution in [0.1, 0.15) is 52.4 Å². The molecule has 0 rings (SSSR count). The molecule has 3 N–H and O–H groups in total. The first-order valence-electron chi connectivity index (χ1n) is 6.16. The van der Waals surface area contributed by atoms with Crippen molar-refractivity contribution >= 4 is 23.1 Å². The number of carbonyl (C=O) groups is 1. The Bertz CT molecular complexity index is 219. The number of rotatable bonds is 9. The van der Waals surface area contributed by atoms with Crippen LogP contribution < -0.4 is 11.1 Å². The van der Waals surface area contributed by atoms with Crippen LogP contribution in [0.2, 0.25) is 0 Å². The Morgan fingerprint density at radius 2 is 1.81 bits per heavy atom. The molecule has 1 amide bonds. The van der Waals surface area contributed by atoms with E-state index in [1.165, 1.54) is 32.1 Å². The zero-order valence-electron chi connectivity index (χ0n) is 10.4. The van der Waals surface area contributed by atoms with Gasteiger partial charge in [0.05, 0.1) is 10.9 Å². The van der Waals surface area contributed by atoms with Gasteiger partial charge in [-0.3, -0.25) is 4.79 Å². The number of hydrogen-bond donors (Lipinski definition) is 2. The second-order valence-electron chi connectivity index (χ2n) is 4.18. The smallest absolute Gasteiger partial charge is 0.229 e. The first-order chi connectivity index (χ1) is 7.59. The van der Waals surface area contributed by atoms with Crippen molar-refractivity contribution in [2.75, 3.05) is 6.54 Å². The van der Waals surface area contributed by atoms with Gasteiger partial charge >= 0.3 is 0 Å². The van der Waals surface area contributed by atoms with Crippen molar-refractivity contribution < 1.29 is 4.79 Å². The van der Waals surface area contributed by atoms with Crippen molar-refractivity contribution in [3.8, 4) is 0 Å². The van der Waals surface area contributed by atoms with Gasteiger partial charge in [-0.05, 0) is 13.3 Å². The van der Waals surface area contributed by atoms with Crippen LogP contribution in [-0.4, -0.2) is 17.4 Å². The minimum atomic E-state index is -0.352. The lowest BCUT2D eigenvalue weighted by atomic mass is 10.1. The number of thiocarbonyl (C=S) groups is 1. The molecule has 0 heterocycles. The molecule has 0 aromatic heterocycles. The fourth-order valence-electron chi connectivity index (χ4n) is 1.40. The Labute approximate surface area is 104 Å². The number of carbonyl (C=O) groups excluding carboxylic acids is 1. The zero-order valence-corrected chi connectivity index (χ0v) is 11.2. The van der Waals surface area contributed by atoms with E-state index in [0.717, 1.165) is 13.0 Å². The van der Waals surface area contributed by atoms with Crippen molar-refractivity contribution in [2.24, 2.45) is 11.7 Å². The number of amides is 1. The van der Waals surface area contributed by atoms with E-state index in [1.54, 1.807) is 6.92 Å². The molecule has 4 heteroatoms. The maximum absolute atomic E-state index is 11.4. The predicted octanol–water partition coefficient (Wildman–Crippen LogP) is 2.39. The first-order valence-corrected chi connectivity index (χ1v) is 6.57. The Morgan fingerprint density at radius 1 is 1.25 bits per heavy atom. The van der Waals surface area contributed by atoms with Gasteiger partial charge in [0, 0.05) is 6.54 Å². The van der Waals surface area contributed by atoms with E-state index < -0.39 is 0 Å². The van der Waals surface area contributed by atoms with Crippen molar-refractivity contribution in [3.05, 3.63) is 0 Å². The van der Waals surface area contributed by atoms with Crippen LogP contribution >= 0.6 is 12.2 Å². The van der Waals surface area contributed by atoms with Crippen LogP contribution in [-0.2, 0) is 4.79 Å². The molecule has 94 valence electrons. The second kappa shape index (κ2) is 9.58. The molecule has 0 saturated heterocycles. The lowest BCUT2D eigenvalue weighted by Crippen LogP contribution is -2.36. The summed E-state index contributed by atoms with van der Waals surface area (Å²) in [5.41, 5.74) is 5.39. The van der Waals surface area contributed by atoms with E-state index in [-0.39, 0.29) is 16.8 Å². The van der Waals surface area contributed by atoms with Gasteiger partial charge in [0.25, 0.3) is 0 Å². The molecule has 0 aromatic carbocycles. The summed E-state index contributed by atoms with van der Waals surface area (Å²) in [5, 5.41) is 2.85. The summed E-state index contributed by atoms with van der Waals surface area (Å²) in [6.45, 7) is 4.67. The number of nitrogens with two attached hydrogens (primary N) is 1. The molecule has 0 spiro atoms. The molecule has 0 fully saturated rings. The molecular weight excluding hydrogens is 220 g/mol. The van der Waals surface area contributed by atoms with E-state index >= 15 is 0 Å². The van der Waals surface area contributed by atoms with Crippen molar-refractivity contribution in [1.29, 1.82) is 0 Å². The molecule has 0 aliphatic heterocycles. The monoisotopic (exact) mass is 244 g/mol. The largest absolute Gasteiger partial charge is 0.393 e. The van der Waals surface area contributed by atoms with Crippen LogP contribution in [0.4, 0.5) is 0 Å². The molecule has 1 atom stereocenters. The summed E-state index contributed by atoms with van der Waals surface area (Å²) in [6.07, 6.45) is 7.36. The van der Waals surface area contributed by atoms with Gasteiger partial charge in [-0.1, -0.05) is 51.2 Å². The Hall–Kier alpha value is -0.640. The molecule has 0 aromatic rings. The fourth-order valence-corrected chi connectivity index (χ4v) is 1.51. The van der Waals surface area contributed by atoms with E-state index in [4.69, 9.17) is 18.0 Å². The topological polar surface area (TPSA) is 55.1 Å². The average molecular weight is 244 g/mol. The van der Waals surface area contributed by atoms with Gasteiger partial charge in [0.2, 0.25) is 5.91 Å². The summed E-state index contributed by atoms with van der Waals surface area (Å²) in [6, 6.07) is 0. The van der Waals surface area contributed by atoms with Crippen LogP contribution in [0.5, 0.6) is 0 Å². The molecule has 0 saturated carbocycles. The van der Waals surface area contributed by atoms with Gasteiger partial charge < -0.3 is 11.1 Å². The van der Waals surface area contributed by atoms with Crippen LogP contribution in [0.15, 0.2) is 0 Å². The molecule has 0 radical (unpaired) electrons. The molecular formula is C12H24N2OS. The van der Waals surface area contributed by atoms with Gasteiger partial charge in [0.1, 0.15) is 0 Å². The molecule has 0 aliphatic rings. The van der Waals surface area contributed by atoms with Gasteiger partial charge in [-0.2, -0.15) is 0 Å². The zero-order chi connectivity index (χ0) is 12.4. The van der Waals surface area contributed by atoms with Crippen LogP contribution in [0, 0.1) is 5.92 Å².